The van der Waals surface area contributed by atoms with Gasteiger partial charge in [-0.15, -0.1) is 0 Å². The Morgan fingerprint density at radius 2 is 1.48 bits per heavy atom. The summed E-state index contributed by atoms with van der Waals surface area (Å²) in [7, 11) is 1.61. The molecule has 1 N–H and O–H groups in total. The summed E-state index contributed by atoms with van der Waals surface area (Å²) in [5, 5.41) is 2.95. The molecule has 0 aliphatic carbocycles. The van der Waals surface area contributed by atoms with Crippen molar-refractivity contribution in [1.82, 2.24) is 5.32 Å². The fourth-order valence-corrected chi connectivity index (χ4v) is 2.91. The molecule has 5 nitrogen and oxygen atoms in total. The van der Waals surface area contributed by atoms with Gasteiger partial charge in [0.2, 0.25) is 0 Å². The van der Waals surface area contributed by atoms with Gasteiger partial charge in [-0.3, -0.25) is 4.79 Å². The molecular weight excluding hydrogens is 366 g/mol. The molecule has 3 aromatic rings. The number of rotatable bonds is 7. The normalized spacial score (nSPS) is 11.4. The highest BCUT2D eigenvalue weighted by Gasteiger charge is 2.18. The van der Waals surface area contributed by atoms with E-state index in [2.05, 4.69) is 5.32 Å². The van der Waals surface area contributed by atoms with Gasteiger partial charge in [-0.2, -0.15) is 0 Å². The average Bonchev–Trinajstić information content (AvgIpc) is 2.77. The van der Waals surface area contributed by atoms with Crippen molar-refractivity contribution in [2.24, 2.45) is 0 Å². The predicted octanol–water partition coefficient (Wildman–Crippen LogP) is 4.07. The lowest BCUT2D eigenvalue weighted by Crippen LogP contribution is -2.33. The van der Waals surface area contributed by atoms with E-state index in [1.807, 2.05) is 73.7 Å². The lowest BCUT2D eigenvalue weighted by molar-refractivity contribution is -0.124. The van der Waals surface area contributed by atoms with E-state index >= 15 is 0 Å². The highest BCUT2D eigenvalue weighted by molar-refractivity contribution is 5.91. The van der Waals surface area contributed by atoms with Gasteiger partial charge in [-0.05, 0) is 42.3 Å². The Balaban J connectivity index is 1.69. The molecule has 29 heavy (non-hydrogen) atoms. The van der Waals surface area contributed by atoms with Crippen LogP contribution in [0.1, 0.15) is 33.1 Å². The summed E-state index contributed by atoms with van der Waals surface area (Å²) >= 11 is 0. The number of methoxy groups -OCH3 is 1. The van der Waals surface area contributed by atoms with Gasteiger partial charge in [0.25, 0.3) is 5.91 Å². The molecule has 148 valence electrons. The minimum atomic E-state index is -0.527. The van der Waals surface area contributed by atoms with Crippen LogP contribution in [0.3, 0.4) is 0 Å². The SMILES string of the molecule is COc1ccc([C@@H](NC(=O)COC(=O)c2ccc(C)cc2)c2ccccc2)cc1. The van der Waals surface area contributed by atoms with Crippen LogP contribution >= 0.6 is 0 Å². The maximum atomic E-state index is 12.5. The van der Waals surface area contributed by atoms with Crippen LogP contribution in [-0.2, 0) is 9.53 Å². The molecule has 0 aliphatic heterocycles. The van der Waals surface area contributed by atoms with Crippen molar-refractivity contribution >= 4 is 11.9 Å². The predicted molar refractivity (Wildman–Crippen MR) is 111 cm³/mol. The van der Waals surface area contributed by atoms with Crippen molar-refractivity contribution in [3.8, 4) is 5.75 Å². The zero-order valence-corrected chi connectivity index (χ0v) is 16.4. The van der Waals surface area contributed by atoms with Gasteiger partial charge in [-0.1, -0.05) is 60.2 Å². The Morgan fingerprint density at radius 3 is 2.10 bits per heavy atom. The third-order valence-electron chi connectivity index (χ3n) is 4.51. The molecule has 1 amide bonds. The minimum Gasteiger partial charge on any atom is -0.497 e. The number of carbonyl (C=O) groups excluding carboxylic acids is 2. The van der Waals surface area contributed by atoms with Crippen LogP contribution < -0.4 is 10.1 Å². The fourth-order valence-electron chi connectivity index (χ4n) is 2.91. The van der Waals surface area contributed by atoms with Crippen molar-refractivity contribution in [1.29, 1.82) is 0 Å². The Bertz CT molecular complexity index is 950. The van der Waals surface area contributed by atoms with Crippen molar-refractivity contribution in [2.45, 2.75) is 13.0 Å². The van der Waals surface area contributed by atoms with Gasteiger partial charge >= 0.3 is 5.97 Å². The lowest BCUT2D eigenvalue weighted by atomic mass is 9.98. The van der Waals surface area contributed by atoms with Crippen LogP contribution in [0, 0.1) is 6.92 Å². The standard InChI is InChI=1S/C24H23NO4/c1-17-8-10-20(11-9-17)24(27)29-16-22(26)25-23(18-6-4-3-5-7-18)19-12-14-21(28-2)15-13-19/h3-15,23H,16H2,1-2H3,(H,25,26)/t23-/m0/s1. The summed E-state index contributed by atoms with van der Waals surface area (Å²) in [5.41, 5.74) is 3.29. The zero-order valence-electron chi connectivity index (χ0n) is 16.4. The monoisotopic (exact) mass is 389 g/mol. The van der Waals surface area contributed by atoms with Gasteiger partial charge in [-0.25, -0.2) is 4.79 Å². The number of amides is 1. The number of benzene rings is 3. The van der Waals surface area contributed by atoms with Gasteiger partial charge in [0.1, 0.15) is 5.75 Å². The summed E-state index contributed by atoms with van der Waals surface area (Å²) in [5.74, 6) is -0.171. The van der Waals surface area contributed by atoms with E-state index in [4.69, 9.17) is 9.47 Å². The summed E-state index contributed by atoms with van der Waals surface area (Å²) in [6.45, 7) is 1.58. The smallest absolute Gasteiger partial charge is 0.338 e. The zero-order chi connectivity index (χ0) is 20.6. The summed E-state index contributed by atoms with van der Waals surface area (Å²) in [4.78, 5) is 24.6. The van der Waals surface area contributed by atoms with Gasteiger partial charge in [0, 0.05) is 0 Å². The first kappa shape index (κ1) is 20.1. The number of hydrogen-bond donors (Lipinski definition) is 1. The van der Waals surface area contributed by atoms with Crippen LogP contribution in [0.15, 0.2) is 78.9 Å². The van der Waals surface area contributed by atoms with Crippen molar-refractivity contribution in [3.63, 3.8) is 0 Å². The van der Waals surface area contributed by atoms with E-state index < -0.39 is 5.97 Å². The average molecular weight is 389 g/mol. The number of ether oxygens (including phenoxy) is 2. The summed E-state index contributed by atoms with van der Waals surface area (Å²) in [6, 6.07) is 23.7. The van der Waals surface area contributed by atoms with E-state index in [1.54, 1.807) is 19.2 Å². The van der Waals surface area contributed by atoms with E-state index in [0.717, 1.165) is 22.4 Å². The molecule has 3 rings (SSSR count). The fraction of sp³-hybridized carbons (Fsp3) is 0.167. The first-order valence-electron chi connectivity index (χ1n) is 9.29. The molecule has 0 aromatic heterocycles. The van der Waals surface area contributed by atoms with E-state index in [1.165, 1.54) is 0 Å². The molecule has 3 aromatic carbocycles. The van der Waals surface area contributed by atoms with Gasteiger partial charge < -0.3 is 14.8 Å². The van der Waals surface area contributed by atoms with Crippen LogP contribution in [0.25, 0.3) is 0 Å². The number of nitrogens with one attached hydrogen (secondary N) is 1. The molecular formula is C24H23NO4. The highest BCUT2D eigenvalue weighted by atomic mass is 16.5. The van der Waals surface area contributed by atoms with E-state index in [-0.39, 0.29) is 18.6 Å². The van der Waals surface area contributed by atoms with Crippen LogP contribution in [0.4, 0.5) is 0 Å². The van der Waals surface area contributed by atoms with E-state index in [0.29, 0.717) is 5.56 Å². The lowest BCUT2D eigenvalue weighted by Gasteiger charge is -2.20. The Kier molecular flexibility index (Phi) is 6.63. The quantitative estimate of drug-likeness (QED) is 0.619. The molecule has 5 heteroatoms. The van der Waals surface area contributed by atoms with E-state index in [9.17, 15) is 9.59 Å². The van der Waals surface area contributed by atoms with Crippen molar-refractivity contribution < 1.29 is 19.1 Å². The number of hydrogen-bond acceptors (Lipinski definition) is 4. The molecule has 0 radical (unpaired) electrons. The molecule has 0 heterocycles. The second-order valence-electron chi connectivity index (χ2n) is 6.63. The third-order valence-corrected chi connectivity index (χ3v) is 4.51. The molecule has 0 unspecified atom stereocenters. The molecule has 0 spiro atoms. The number of esters is 1. The maximum Gasteiger partial charge on any atom is 0.338 e. The number of carbonyl (C=O) groups is 2. The number of aryl methyl sites for hydroxylation is 1. The first-order valence-corrected chi connectivity index (χ1v) is 9.29. The van der Waals surface area contributed by atoms with Crippen molar-refractivity contribution in [2.75, 3.05) is 13.7 Å². The van der Waals surface area contributed by atoms with Crippen LogP contribution in [0.2, 0.25) is 0 Å². The molecule has 0 bridgehead atoms. The maximum absolute atomic E-state index is 12.5. The van der Waals surface area contributed by atoms with Crippen LogP contribution in [-0.4, -0.2) is 25.6 Å². The second-order valence-corrected chi connectivity index (χ2v) is 6.63. The topological polar surface area (TPSA) is 64.6 Å². The molecule has 1 atom stereocenters. The minimum absolute atomic E-state index is 0.355. The van der Waals surface area contributed by atoms with Crippen molar-refractivity contribution in [3.05, 3.63) is 101 Å². The van der Waals surface area contributed by atoms with Gasteiger partial charge in [0.15, 0.2) is 6.61 Å². The van der Waals surface area contributed by atoms with Crippen LogP contribution in [0.5, 0.6) is 5.75 Å². The second kappa shape index (κ2) is 9.55. The Labute approximate surface area is 170 Å². The largest absolute Gasteiger partial charge is 0.497 e. The first-order chi connectivity index (χ1) is 14.1. The summed E-state index contributed by atoms with van der Waals surface area (Å²) in [6.07, 6.45) is 0. The summed E-state index contributed by atoms with van der Waals surface area (Å²) < 4.78 is 10.4. The Morgan fingerprint density at radius 1 is 0.862 bits per heavy atom. The highest BCUT2D eigenvalue weighted by Crippen LogP contribution is 2.24. The van der Waals surface area contributed by atoms with Gasteiger partial charge in [0.05, 0.1) is 18.7 Å². The molecule has 0 fully saturated rings. The molecule has 0 saturated heterocycles. The Hall–Kier alpha value is -3.60. The molecule has 0 saturated carbocycles. The third kappa shape index (κ3) is 5.45. The molecule has 0 aliphatic rings.